The van der Waals surface area contributed by atoms with Gasteiger partial charge in [-0.1, -0.05) is 18.2 Å². The second-order valence-corrected chi connectivity index (χ2v) is 6.84. The van der Waals surface area contributed by atoms with Crippen molar-refractivity contribution in [2.24, 2.45) is 5.73 Å². The number of H-pyrrole nitrogens is 1. The Hall–Kier alpha value is -3.12. The standard InChI is InChI=1S/C21H22FN5/c22-16-4-1-14(2-5-16)3-6-18-11-15(7-9-25-18)20-12-19(24)21(26-20)27-10-8-17(23)13-27/h1-7,9,11-12,17,26H,8,10,13,23-24H2/b6-3+/t17-/m1/s1. The number of nitrogens with zero attached hydrogens (tertiary/aromatic N) is 2. The number of nitrogens with two attached hydrogens (primary N) is 2. The summed E-state index contributed by atoms with van der Waals surface area (Å²) in [5, 5.41) is 0. The van der Waals surface area contributed by atoms with Gasteiger partial charge in [-0.2, -0.15) is 0 Å². The first-order valence-corrected chi connectivity index (χ1v) is 8.97. The lowest BCUT2D eigenvalue weighted by atomic mass is 10.1. The van der Waals surface area contributed by atoms with Gasteiger partial charge in [0.25, 0.3) is 0 Å². The molecule has 27 heavy (non-hydrogen) atoms. The van der Waals surface area contributed by atoms with Gasteiger partial charge in [-0.3, -0.25) is 4.98 Å². The van der Waals surface area contributed by atoms with E-state index in [-0.39, 0.29) is 11.9 Å². The van der Waals surface area contributed by atoms with E-state index in [1.54, 1.807) is 18.3 Å². The van der Waals surface area contributed by atoms with Crippen molar-refractivity contribution in [2.45, 2.75) is 12.5 Å². The van der Waals surface area contributed by atoms with Crippen molar-refractivity contribution in [3.63, 3.8) is 0 Å². The molecule has 1 atom stereocenters. The number of hydrogen-bond donors (Lipinski definition) is 3. The molecular weight excluding hydrogens is 341 g/mol. The van der Waals surface area contributed by atoms with Gasteiger partial charge in [0, 0.05) is 36.6 Å². The molecule has 0 bridgehead atoms. The van der Waals surface area contributed by atoms with Gasteiger partial charge >= 0.3 is 0 Å². The van der Waals surface area contributed by atoms with Crippen molar-refractivity contribution in [1.29, 1.82) is 0 Å². The smallest absolute Gasteiger partial charge is 0.130 e. The van der Waals surface area contributed by atoms with E-state index in [1.165, 1.54) is 12.1 Å². The number of halogens is 1. The van der Waals surface area contributed by atoms with Crippen LogP contribution in [0.1, 0.15) is 17.7 Å². The predicted octanol–water partition coefficient (Wildman–Crippen LogP) is 3.51. The van der Waals surface area contributed by atoms with Gasteiger partial charge in [0.15, 0.2) is 0 Å². The minimum absolute atomic E-state index is 0.195. The SMILES string of the molecule is Nc1cc(-c2ccnc(/C=C/c3ccc(F)cc3)c2)[nH]c1N1CC[C@@H](N)C1. The molecule has 5 nitrogen and oxygen atoms in total. The van der Waals surface area contributed by atoms with Gasteiger partial charge in [0.05, 0.1) is 11.4 Å². The van der Waals surface area contributed by atoms with Gasteiger partial charge in [0.2, 0.25) is 0 Å². The summed E-state index contributed by atoms with van der Waals surface area (Å²) in [5.41, 5.74) is 16.6. The number of nitrogens with one attached hydrogen (secondary N) is 1. The molecule has 138 valence electrons. The maximum atomic E-state index is 13.0. The quantitative estimate of drug-likeness (QED) is 0.662. The highest BCUT2D eigenvalue weighted by Crippen LogP contribution is 2.31. The summed E-state index contributed by atoms with van der Waals surface area (Å²) < 4.78 is 13.0. The Balaban J connectivity index is 1.56. The number of pyridine rings is 1. The topological polar surface area (TPSA) is 84.0 Å². The number of aromatic amines is 1. The third-order valence-electron chi connectivity index (χ3n) is 4.78. The second-order valence-electron chi connectivity index (χ2n) is 6.84. The van der Waals surface area contributed by atoms with Crippen LogP contribution >= 0.6 is 0 Å². The lowest BCUT2D eigenvalue weighted by Crippen LogP contribution is -2.26. The zero-order chi connectivity index (χ0) is 18.8. The average molecular weight is 363 g/mol. The Bertz CT molecular complexity index is 961. The van der Waals surface area contributed by atoms with E-state index in [0.717, 1.165) is 53.5 Å². The first-order valence-electron chi connectivity index (χ1n) is 8.97. The molecule has 1 aromatic carbocycles. The van der Waals surface area contributed by atoms with E-state index in [2.05, 4.69) is 14.9 Å². The molecule has 0 amide bonds. The van der Waals surface area contributed by atoms with Gasteiger partial charge in [-0.05, 0) is 48.4 Å². The largest absolute Gasteiger partial charge is 0.396 e. The van der Waals surface area contributed by atoms with Crippen LogP contribution in [0.15, 0.2) is 48.7 Å². The van der Waals surface area contributed by atoms with Gasteiger partial charge in [0.1, 0.15) is 11.6 Å². The maximum Gasteiger partial charge on any atom is 0.130 e. The van der Waals surface area contributed by atoms with E-state index < -0.39 is 0 Å². The number of hydrogen-bond acceptors (Lipinski definition) is 4. The molecule has 5 N–H and O–H groups in total. The minimum Gasteiger partial charge on any atom is -0.396 e. The highest BCUT2D eigenvalue weighted by atomic mass is 19.1. The zero-order valence-electron chi connectivity index (χ0n) is 14.9. The van der Waals surface area contributed by atoms with Crippen molar-refractivity contribution >= 4 is 23.7 Å². The number of nitrogen functional groups attached to an aromatic ring is 1. The van der Waals surface area contributed by atoms with E-state index in [0.29, 0.717) is 0 Å². The van der Waals surface area contributed by atoms with Crippen LogP contribution in [0.2, 0.25) is 0 Å². The second kappa shape index (κ2) is 7.25. The van der Waals surface area contributed by atoms with Crippen molar-refractivity contribution in [1.82, 2.24) is 9.97 Å². The summed E-state index contributed by atoms with van der Waals surface area (Å²) in [7, 11) is 0. The molecule has 0 spiro atoms. The zero-order valence-corrected chi connectivity index (χ0v) is 14.9. The van der Waals surface area contributed by atoms with Crippen molar-refractivity contribution in [3.05, 3.63) is 65.7 Å². The summed E-state index contributed by atoms with van der Waals surface area (Å²) in [5.74, 6) is 0.685. The molecule has 6 heteroatoms. The van der Waals surface area contributed by atoms with Crippen molar-refractivity contribution in [2.75, 3.05) is 23.7 Å². The Morgan fingerprint density at radius 3 is 2.70 bits per heavy atom. The molecule has 0 radical (unpaired) electrons. The third-order valence-corrected chi connectivity index (χ3v) is 4.78. The molecular formula is C21H22FN5. The van der Waals surface area contributed by atoms with Crippen LogP contribution in [-0.4, -0.2) is 29.1 Å². The van der Waals surface area contributed by atoms with Gasteiger partial charge in [-0.15, -0.1) is 0 Å². The normalized spacial score (nSPS) is 17.1. The van der Waals surface area contributed by atoms with Crippen LogP contribution in [0.3, 0.4) is 0 Å². The lowest BCUT2D eigenvalue weighted by Gasteiger charge is -2.16. The van der Waals surface area contributed by atoms with Crippen LogP contribution in [0.25, 0.3) is 23.4 Å². The van der Waals surface area contributed by atoms with Crippen LogP contribution < -0.4 is 16.4 Å². The number of benzene rings is 1. The Morgan fingerprint density at radius 1 is 1.15 bits per heavy atom. The maximum absolute atomic E-state index is 13.0. The van der Waals surface area contributed by atoms with Crippen LogP contribution in [-0.2, 0) is 0 Å². The molecule has 1 aliphatic heterocycles. The van der Waals surface area contributed by atoms with Crippen molar-refractivity contribution in [3.8, 4) is 11.3 Å². The summed E-state index contributed by atoms with van der Waals surface area (Å²) in [6, 6.07) is 12.4. The van der Waals surface area contributed by atoms with E-state index in [9.17, 15) is 4.39 Å². The Kier molecular flexibility index (Phi) is 4.64. The molecule has 4 rings (SSSR count). The highest BCUT2D eigenvalue weighted by molar-refractivity contribution is 5.77. The van der Waals surface area contributed by atoms with E-state index in [1.807, 2.05) is 30.4 Å². The first kappa shape index (κ1) is 17.3. The molecule has 0 aliphatic carbocycles. The number of aromatic nitrogens is 2. The molecule has 2 aromatic heterocycles. The molecule has 3 aromatic rings. The van der Waals surface area contributed by atoms with Gasteiger partial charge < -0.3 is 21.4 Å². The molecule has 1 fully saturated rings. The fourth-order valence-electron chi connectivity index (χ4n) is 3.33. The fraction of sp³-hybridized carbons (Fsp3) is 0.190. The number of rotatable bonds is 4. The lowest BCUT2D eigenvalue weighted by molar-refractivity contribution is 0.628. The molecule has 0 saturated carbocycles. The fourth-order valence-corrected chi connectivity index (χ4v) is 3.33. The summed E-state index contributed by atoms with van der Waals surface area (Å²) in [6.07, 6.45) is 6.55. The summed E-state index contributed by atoms with van der Waals surface area (Å²) >= 11 is 0. The predicted molar refractivity (Wildman–Crippen MR) is 109 cm³/mol. The van der Waals surface area contributed by atoms with Gasteiger partial charge in [-0.25, -0.2) is 4.39 Å². The summed E-state index contributed by atoms with van der Waals surface area (Å²) in [4.78, 5) is 9.99. The Labute approximate surface area is 157 Å². The molecule has 1 aliphatic rings. The van der Waals surface area contributed by atoms with E-state index >= 15 is 0 Å². The van der Waals surface area contributed by atoms with Crippen LogP contribution in [0.5, 0.6) is 0 Å². The highest BCUT2D eigenvalue weighted by Gasteiger charge is 2.22. The average Bonchev–Trinajstić information content (AvgIpc) is 3.27. The minimum atomic E-state index is -0.244. The Morgan fingerprint density at radius 2 is 1.96 bits per heavy atom. The third kappa shape index (κ3) is 3.85. The first-order chi connectivity index (χ1) is 13.1. The monoisotopic (exact) mass is 363 g/mol. The van der Waals surface area contributed by atoms with Crippen LogP contribution in [0.4, 0.5) is 15.9 Å². The molecule has 0 unspecified atom stereocenters. The van der Waals surface area contributed by atoms with Crippen molar-refractivity contribution < 1.29 is 4.39 Å². The summed E-state index contributed by atoms with van der Waals surface area (Å²) in [6.45, 7) is 1.72. The van der Waals surface area contributed by atoms with Crippen LogP contribution in [0, 0.1) is 5.82 Å². The number of anilines is 2. The molecule has 1 saturated heterocycles. The molecule has 3 heterocycles. The van der Waals surface area contributed by atoms with E-state index in [4.69, 9.17) is 11.5 Å².